The van der Waals surface area contributed by atoms with Gasteiger partial charge in [0.2, 0.25) is 5.88 Å². The van der Waals surface area contributed by atoms with E-state index in [0.717, 1.165) is 11.3 Å². The number of pyridine rings is 1. The number of hydrogen-bond donors (Lipinski definition) is 1. The van der Waals surface area contributed by atoms with E-state index in [4.69, 9.17) is 19.8 Å². The Morgan fingerprint density at radius 2 is 1.84 bits per heavy atom. The fourth-order valence-electron chi connectivity index (χ4n) is 2.68. The number of nitrogens with two attached hydrogens (primary N) is 1. The van der Waals surface area contributed by atoms with E-state index >= 15 is 0 Å². The van der Waals surface area contributed by atoms with Gasteiger partial charge in [-0.2, -0.15) is 0 Å². The van der Waals surface area contributed by atoms with E-state index in [9.17, 15) is 4.39 Å². The van der Waals surface area contributed by atoms with Crippen molar-refractivity contribution in [2.75, 3.05) is 0 Å². The van der Waals surface area contributed by atoms with Crippen molar-refractivity contribution in [2.45, 2.75) is 13.5 Å². The summed E-state index contributed by atoms with van der Waals surface area (Å²) in [6, 6.07) is 18.7. The van der Waals surface area contributed by atoms with Crippen LogP contribution in [0.5, 0.6) is 11.6 Å². The Balaban J connectivity index is 1.33. The first kappa shape index (κ1) is 20.1. The number of halogens is 1. The topological polar surface area (TPSA) is 95.8 Å². The van der Waals surface area contributed by atoms with Crippen LogP contribution in [0, 0.1) is 12.7 Å². The largest absolute Gasteiger partial charge is 0.439 e. The summed E-state index contributed by atoms with van der Waals surface area (Å²) in [4.78, 5) is 9.44. The molecule has 0 saturated heterocycles. The van der Waals surface area contributed by atoms with Crippen molar-refractivity contribution in [3.8, 4) is 22.9 Å². The molecule has 0 amide bonds. The van der Waals surface area contributed by atoms with Gasteiger partial charge in [-0.1, -0.05) is 40.1 Å². The summed E-state index contributed by atoms with van der Waals surface area (Å²) in [5, 5.41) is 7.93. The predicted octanol–water partition coefficient (Wildman–Crippen LogP) is 4.81. The highest BCUT2D eigenvalue weighted by Gasteiger charge is 2.08. The van der Waals surface area contributed by atoms with Crippen LogP contribution in [0.15, 0.2) is 82.6 Å². The fraction of sp³-hybridized carbons (Fsp3) is 0.0870. The van der Waals surface area contributed by atoms with E-state index < -0.39 is 0 Å². The molecule has 7 nitrogen and oxygen atoms in total. The molecule has 31 heavy (non-hydrogen) atoms. The number of nitrogens with zero attached hydrogens (tertiary/aromatic N) is 3. The van der Waals surface area contributed by atoms with Crippen molar-refractivity contribution >= 4 is 5.84 Å². The fourth-order valence-corrected chi connectivity index (χ4v) is 2.68. The van der Waals surface area contributed by atoms with Crippen molar-refractivity contribution in [3.05, 3.63) is 95.6 Å². The monoisotopic (exact) mass is 418 g/mol. The number of aryl methyl sites for hydroxylation is 1. The van der Waals surface area contributed by atoms with Crippen LogP contribution in [0.2, 0.25) is 0 Å². The average Bonchev–Trinajstić information content (AvgIpc) is 3.25. The van der Waals surface area contributed by atoms with Gasteiger partial charge in [0.25, 0.3) is 0 Å². The Morgan fingerprint density at radius 1 is 1.06 bits per heavy atom. The molecule has 0 spiro atoms. The van der Waals surface area contributed by atoms with Gasteiger partial charge < -0.3 is 19.8 Å². The van der Waals surface area contributed by atoms with Gasteiger partial charge in [0, 0.05) is 29.5 Å². The molecular formula is C23H19FN4O3. The molecule has 156 valence electrons. The van der Waals surface area contributed by atoms with E-state index in [2.05, 4.69) is 15.3 Å². The van der Waals surface area contributed by atoms with Gasteiger partial charge in [-0.3, -0.25) is 0 Å². The second-order valence-electron chi connectivity index (χ2n) is 6.74. The van der Waals surface area contributed by atoms with Gasteiger partial charge in [-0.25, -0.2) is 9.37 Å². The minimum Gasteiger partial charge on any atom is -0.439 e. The van der Waals surface area contributed by atoms with Crippen molar-refractivity contribution in [2.24, 2.45) is 10.9 Å². The number of ether oxygens (including phenoxy) is 1. The van der Waals surface area contributed by atoms with E-state index in [-0.39, 0.29) is 18.3 Å². The molecular weight excluding hydrogens is 399 g/mol. The van der Waals surface area contributed by atoms with Gasteiger partial charge in [-0.05, 0) is 37.3 Å². The molecule has 2 N–H and O–H groups in total. The van der Waals surface area contributed by atoms with E-state index in [0.29, 0.717) is 23.0 Å². The van der Waals surface area contributed by atoms with Gasteiger partial charge >= 0.3 is 0 Å². The van der Waals surface area contributed by atoms with Gasteiger partial charge in [0.05, 0.1) is 0 Å². The van der Waals surface area contributed by atoms with Crippen LogP contribution in [0.25, 0.3) is 11.3 Å². The third-order valence-electron chi connectivity index (χ3n) is 4.34. The Hall–Kier alpha value is -4.20. The molecule has 0 radical (unpaired) electrons. The van der Waals surface area contributed by atoms with Crippen LogP contribution >= 0.6 is 0 Å². The van der Waals surface area contributed by atoms with Gasteiger partial charge in [0.15, 0.2) is 18.2 Å². The highest BCUT2D eigenvalue weighted by atomic mass is 19.1. The molecule has 0 aliphatic carbocycles. The molecule has 0 aliphatic rings. The van der Waals surface area contributed by atoms with Gasteiger partial charge in [-0.15, -0.1) is 0 Å². The van der Waals surface area contributed by atoms with Crippen molar-refractivity contribution in [3.63, 3.8) is 0 Å². The third-order valence-corrected chi connectivity index (χ3v) is 4.34. The SMILES string of the molecule is Cc1ccc(-c2cc(CO/N=C(\N)c3ccc(Oc4ccc(F)cc4)nc3)on2)cc1. The number of oxime groups is 1. The molecule has 2 heterocycles. The van der Waals surface area contributed by atoms with Crippen molar-refractivity contribution in [1.82, 2.24) is 10.1 Å². The molecule has 4 aromatic rings. The maximum atomic E-state index is 13.0. The molecule has 2 aromatic heterocycles. The van der Waals surface area contributed by atoms with E-state index in [1.807, 2.05) is 31.2 Å². The lowest BCUT2D eigenvalue weighted by atomic mass is 10.1. The zero-order chi connectivity index (χ0) is 21.6. The lowest BCUT2D eigenvalue weighted by molar-refractivity contribution is 0.109. The average molecular weight is 418 g/mol. The Labute approximate surface area is 177 Å². The number of amidine groups is 1. The Morgan fingerprint density at radius 3 is 2.55 bits per heavy atom. The number of benzene rings is 2. The highest BCUT2D eigenvalue weighted by Crippen LogP contribution is 2.21. The van der Waals surface area contributed by atoms with Gasteiger partial charge in [0.1, 0.15) is 17.3 Å². The summed E-state index contributed by atoms with van der Waals surface area (Å²) < 4.78 is 23.8. The van der Waals surface area contributed by atoms with E-state index in [1.165, 1.54) is 36.0 Å². The molecule has 0 atom stereocenters. The second-order valence-corrected chi connectivity index (χ2v) is 6.74. The number of rotatable bonds is 7. The van der Waals surface area contributed by atoms with Crippen molar-refractivity contribution in [1.29, 1.82) is 0 Å². The maximum Gasteiger partial charge on any atom is 0.219 e. The molecule has 0 fully saturated rings. The Bertz CT molecular complexity index is 1170. The van der Waals surface area contributed by atoms with Crippen molar-refractivity contribution < 1.29 is 18.5 Å². The molecule has 8 heteroatoms. The summed E-state index contributed by atoms with van der Waals surface area (Å²) in [5.41, 5.74) is 9.35. The first-order chi connectivity index (χ1) is 15.1. The van der Waals surface area contributed by atoms with E-state index in [1.54, 1.807) is 18.2 Å². The summed E-state index contributed by atoms with van der Waals surface area (Å²) in [6.07, 6.45) is 1.50. The first-order valence-corrected chi connectivity index (χ1v) is 9.45. The highest BCUT2D eigenvalue weighted by molar-refractivity contribution is 5.96. The second kappa shape index (κ2) is 9.08. The summed E-state index contributed by atoms with van der Waals surface area (Å²) in [7, 11) is 0. The lowest BCUT2D eigenvalue weighted by Crippen LogP contribution is -2.14. The third kappa shape index (κ3) is 5.24. The molecule has 0 bridgehead atoms. The lowest BCUT2D eigenvalue weighted by Gasteiger charge is -2.05. The molecule has 4 rings (SSSR count). The molecule has 0 unspecified atom stereocenters. The smallest absolute Gasteiger partial charge is 0.219 e. The van der Waals surface area contributed by atoms with Crippen LogP contribution in [0.1, 0.15) is 16.9 Å². The zero-order valence-corrected chi connectivity index (χ0v) is 16.7. The quantitative estimate of drug-likeness (QED) is 0.263. The predicted molar refractivity (Wildman–Crippen MR) is 113 cm³/mol. The van der Waals surface area contributed by atoms with Crippen LogP contribution in [-0.2, 0) is 11.4 Å². The molecule has 0 saturated carbocycles. The minimum absolute atomic E-state index is 0.0821. The summed E-state index contributed by atoms with van der Waals surface area (Å²) >= 11 is 0. The summed E-state index contributed by atoms with van der Waals surface area (Å²) in [6.45, 7) is 2.11. The Kier molecular flexibility index (Phi) is 5.89. The van der Waals surface area contributed by atoms with Crippen LogP contribution in [0.4, 0.5) is 4.39 Å². The molecule has 0 aliphatic heterocycles. The minimum atomic E-state index is -0.337. The standard InChI is InChI=1S/C23H19FN4O3/c1-15-2-4-16(5-3-15)21-12-20(31-27-21)14-29-28-23(25)17-6-11-22(26-13-17)30-19-9-7-18(24)8-10-19/h2-13H,14H2,1H3,(H2,25,28). The number of aromatic nitrogens is 2. The maximum absolute atomic E-state index is 13.0. The summed E-state index contributed by atoms with van der Waals surface area (Å²) in [5.74, 6) is 1.15. The molecule has 2 aromatic carbocycles. The van der Waals surface area contributed by atoms with Crippen LogP contribution in [-0.4, -0.2) is 16.0 Å². The number of hydrogen-bond acceptors (Lipinski definition) is 6. The van der Waals surface area contributed by atoms with Crippen LogP contribution < -0.4 is 10.5 Å². The van der Waals surface area contributed by atoms with Crippen LogP contribution in [0.3, 0.4) is 0 Å². The zero-order valence-electron chi connectivity index (χ0n) is 16.7. The first-order valence-electron chi connectivity index (χ1n) is 9.45. The normalized spacial score (nSPS) is 11.4.